The Labute approximate surface area is 102 Å². The standard InChI is InChI=1S/C12H22N2O3/c1-2-3-6-9(13)11(15)14-8-5-4-7-10(14)12(16)17/h9-10H,2-8,13H2,1H3,(H,16,17). The summed E-state index contributed by atoms with van der Waals surface area (Å²) in [5.41, 5.74) is 5.81. The lowest BCUT2D eigenvalue weighted by molar-refractivity contribution is -0.152. The van der Waals surface area contributed by atoms with Gasteiger partial charge in [-0.3, -0.25) is 4.79 Å². The van der Waals surface area contributed by atoms with Crippen LogP contribution < -0.4 is 5.73 Å². The largest absolute Gasteiger partial charge is 0.480 e. The molecular weight excluding hydrogens is 220 g/mol. The van der Waals surface area contributed by atoms with Gasteiger partial charge in [0.05, 0.1) is 6.04 Å². The summed E-state index contributed by atoms with van der Waals surface area (Å²) in [7, 11) is 0. The van der Waals surface area contributed by atoms with E-state index in [2.05, 4.69) is 0 Å². The van der Waals surface area contributed by atoms with E-state index >= 15 is 0 Å². The highest BCUT2D eigenvalue weighted by Crippen LogP contribution is 2.18. The van der Waals surface area contributed by atoms with Crippen LogP contribution in [0, 0.1) is 0 Å². The number of likely N-dealkylation sites (tertiary alicyclic amines) is 1. The number of carbonyl (C=O) groups excluding carboxylic acids is 1. The third-order valence-corrected chi connectivity index (χ3v) is 3.26. The molecule has 0 spiro atoms. The average Bonchev–Trinajstić information content (AvgIpc) is 2.34. The zero-order chi connectivity index (χ0) is 12.8. The predicted octanol–water partition coefficient (Wildman–Crippen LogP) is 0.970. The van der Waals surface area contributed by atoms with E-state index in [4.69, 9.17) is 10.8 Å². The Morgan fingerprint density at radius 1 is 1.47 bits per heavy atom. The van der Waals surface area contributed by atoms with E-state index in [1.54, 1.807) is 0 Å². The van der Waals surface area contributed by atoms with Crippen LogP contribution in [-0.4, -0.2) is 40.5 Å². The van der Waals surface area contributed by atoms with Crippen molar-refractivity contribution in [2.24, 2.45) is 5.73 Å². The van der Waals surface area contributed by atoms with Crippen molar-refractivity contribution in [3.63, 3.8) is 0 Å². The molecule has 3 N–H and O–H groups in total. The van der Waals surface area contributed by atoms with Gasteiger partial charge in [-0.15, -0.1) is 0 Å². The number of aliphatic carboxylic acids is 1. The Hall–Kier alpha value is -1.10. The number of piperidine rings is 1. The molecule has 2 atom stereocenters. The van der Waals surface area contributed by atoms with Crippen molar-refractivity contribution in [3.05, 3.63) is 0 Å². The van der Waals surface area contributed by atoms with Gasteiger partial charge >= 0.3 is 5.97 Å². The van der Waals surface area contributed by atoms with E-state index < -0.39 is 18.1 Å². The first-order valence-electron chi connectivity index (χ1n) is 6.36. The quantitative estimate of drug-likeness (QED) is 0.752. The fourth-order valence-corrected chi connectivity index (χ4v) is 2.21. The van der Waals surface area contributed by atoms with Crippen LogP contribution in [0.15, 0.2) is 0 Å². The first kappa shape index (κ1) is 14.0. The molecule has 5 nitrogen and oxygen atoms in total. The zero-order valence-electron chi connectivity index (χ0n) is 10.4. The molecule has 5 heteroatoms. The molecule has 0 aliphatic carbocycles. The van der Waals surface area contributed by atoms with E-state index in [1.807, 2.05) is 6.92 Å². The molecule has 0 saturated carbocycles. The molecule has 98 valence electrons. The fourth-order valence-electron chi connectivity index (χ4n) is 2.21. The van der Waals surface area contributed by atoms with Gasteiger partial charge in [0.25, 0.3) is 0 Å². The zero-order valence-corrected chi connectivity index (χ0v) is 10.4. The summed E-state index contributed by atoms with van der Waals surface area (Å²) >= 11 is 0. The van der Waals surface area contributed by atoms with E-state index in [0.29, 0.717) is 19.4 Å². The number of carboxylic acid groups (broad SMARTS) is 1. The number of hydrogen-bond donors (Lipinski definition) is 2. The van der Waals surface area contributed by atoms with Gasteiger partial charge in [0, 0.05) is 6.54 Å². The lowest BCUT2D eigenvalue weighted by atomic mass is 10.00. The van der Waals surface area contributed by atoms with Crippen molar-refractivity contribution in [1.29, 1.82) is 0 Å². The normalized spacial score (nSPS) is 22.2. The molecule has 17 heavy (non-hydrogen) atoms. The minimum Gasteiger partial charge on any atom is -0.480 e. The van der Waals surface area contributed by atoms with Crippen molar-refractivity contribution in [3.8, 4) is 0 Å². The van der Waals surface area contributed by atoms with Gasteiger partial charge < -0.3 is 15.7 Å². The monoisotopic (exact) mass is 242 g/mol. The van der Waals surface area contributed by atoms with Crippen molar-refractivity contribution >= 4 is 11.9 Å². The van der Waals surface area contributed by atoms with E-state index in [9.17, 15) is 9.59 Å². The Kier molecular flexibility index (Phi) is 5.41. The second kappa shape index (κ2) is 6.59. The third-order valence-electron chi connectivity index (χ3n) is 3.26. The van der Waals surface area contributed by atoms with Gasteiger partial charge in [-0.2, -0.15) is 0 Å². The molecule has 0 aromatic heterocycles. The Morgan fingerprint density at radius 3 is 2.76 bits per heavy atom. The number of unbranched alkanes of at least 4 members (excludes halogenated alkanes) is 1. The predicted molar refractivity (Wildman–Crippen MR) is 64.5 cm³/mol. The molecule has 1 rings (SSSR count). The molecule has 1 aliphatic heterocycles. The first-order valence-corrected chi connectivity index (χ1v) is 6.36. The van der Waals surface area contributed by atoms with Gasteiger partial charge in [-0.05, 0) is 25.7 Å². The van der Waals surface area contributed by atoms with Crippen LogP contribution in [0.4, 0.5) is 0 Å². The minimum atomic E-state index is -0.916. The van der Waals surface area contributed by atoms with Gasteiger partial charge in [-0.25, -0.2) is 4.79 Å². The molecule has 0 radical (unpaired) electrons. The van der Waals surface area contributed by atoms with E-state index in [0.717, 1.165) is 25.7 Å². The lowest BCUT2D eigenvalue weighted by Gasteiger charge is -2.34. The highest BCUT2D eigenvalue weighted by molar-refractivity contribution is 5.87. The van der Waals surface area contributed by atoms with Crippen molar-refractivity contribution in [2.45, 2.75) is 57.5 Å². The molecule has 1 heterocycles. The smallest absolute Gasteiger partial charge is 0.326 e. The summed E-state index contributed by atoms with van der Waals surface area (Å²) in [5.74, 6) is -1.12. The number of carboxylic acids is 1. The number of carbonyl (C=O) groups is 2. The summed E-state index contributed by atoms with van der Waals surface area (Å²) in [5, 5.41) is 9.08. The van der Waals surface area contributed by atoms with Gasteiger partial charge in [-0.1, -0.05) is 19.8 Å². The van der Waals surface area contributed by atoms with Crippen molar-refractivity contribution in [1.82, 2.24) is 4.90 Å². The van der Waals surface area contributed by atoms with Crippen LogP contribution in [-0.2, 0) is 9.59 Å². The minimum absolute atomic E-state index is 0.203. The average molecular weight is 242 g/mol. The summed E-state index contributed by atoms with van der Waals surface area (Å²) in [4.78, 5) is 24.6. The maximum absolute atomic E-state index is 12.1. The van der Waals surface area contributed by atoms with Crippen LogP contribution in [0.3, 0.4) is 0 Å². The molecule has 1 fully saturated rings. The number of rotatable bonds is 5. The van der Waals surface area contributed by atoms with Crippen LogP contribution in [0.5, 0.6) is 0 Å². The van der Waals surface area contributed by atoms with Crippen LogP contribution in [0.1, 0.15) is 45.4 Å². The molecule has 1 amide bonds. The molecule has 0 aromatic carbocycles. The van der Waals surface area contributed by atoms with Gasteiger partial charge in [0.1, 0.15) is 6.04 Å². The fraction of sp³-hybridized carbons (Fsp3) is 0.833. The molecule has 0 aromatic rings. The molecule has 2 unspecified atom stereocenters. The summed E-state index contributed by atoms with van der Waals surface area (Å²) in [6.45, 7) is 2.56. The maximum Gasteiger partial charge on any atom is 0.326 e. The topological polar surface area (TPSA) is 83.6 Å². The summed E-state index contributed by atoms with van der Waals surface area (Å²) in [6.07, 6.45) is 4.81. The maximum atomic E-state index is 12.1. The third kappa shape index (κ3) is 3.70. The summed E-state index contributed by atoms with van der Waals surface area (Å²) in [6, 6.07) is -1.22. The Balaban J connectivity index is 2.61. The van der Waals surface area contributed by atoms with Crippen LogP contribution in [0.25, 0.3) is 0 Å². The molecule has 1 saturated heterocycles. The Bertz CT molecular complexity index is 281. The first-order chi connectivity index (χ1) is 8.07. The Morgan fingerprint density at radius 2 is 2.18 bits per heavy atom. The van der Waals surface area contributed by atoms with Gasteiger partial charge in [0.2, 0.25) is 5.91 Å². The number of nitrogens with two attached hydrogens (primary N) is 1. The van der Waals surface area contributed by atoms with Crippen molar-refractivity contribution < 1.29 is 14.7 Å². The van der Waals surface area contributed by atoms with Crippen LogP contribution in [0.2, 0.25) is 0 Å². The van der Waals surface area contributed by atoms with Gasteiger partial charge in [0.15, 0.2) is 0 Å². The molecular formula is C12H22N2O3. The van der Waals surface area contributed by atoms with Crippen LogP contribution >= 0.6 is 0 Å². The SMILES string of the molecule is CCCCC(N)C(=O)N1CCCCC1C(=O)O. The number of nitrogens with zero attached hydrogens (tertiary/aromatic N) is 1. The van der Waals surface area contributed by atoms with E-state index in [-0.39, 0.29) is 5.91 Å². The number of hydrogen-bond acceptors (Lipinski definition) is 3. The lowest BCUT2D eigenvalue weighted by Crippen LogP contribution is -2.53. The number of amides is 1. The van der Waals surface area contributed by atoms with Crippen molar-refractivity contribution in [2.75, 3.05) is 6.54 Å². The van der Waals surface area contributed by atoms with E-state index in [1.165, 1.54) is 4.90 Å². The highest BCUT2D eigenvalue weighted by Gasteiger charge is 2.33. The molecule has 0 bridgehead atoms. The highest BCUT2D eigenvalue weighted by atomic mass is 16.4. The summed E-state index contributed by atoms with van der Waals surface area (Å²) < 4.78 is 0. The second-order valence-electron chi connectivity index (χ2n) is 4.63. The second-order valence-corrected chi connectivity index (χ2v) is 4.63. The molecule has 1 aliphatic rings.